The first-order chi connectivity index (χ1) is 13.0. The summed E-state index contributed by atoms with van der Waals surface area (Å²) in [5, 5.41) is 0. The van der Waals surface area contributed by atoms with Crippen LogP contribution >= 0.6 is 0 Å². The number of carbonyl (C=O) groups excluding carboxylic acids is 1. The summed E-state index contributed by atoms with van der Waals surface area (Å²) < 4.78 is 21.4. The Labute approximate surface area is 159 Å². The second-order valence-electron chi connectivity index (χ2n) is 5.76. The van der Waals surface area contributed by atoms with Gasteiger partial charge in [0.15, 0.2) is 17.3 Å². The van der Waals surface area contributed by atoms with Gasteiger partial charge < -0.3 is 24.7 Å². The molecule has 0 aliphatic carbocycles. The number of nitrogen functional groups attached to an aromatic ring is 1. The van der Waals surface area contributed by atoms with E-state index in [-0.39, 0.29) is 5.78 Å². The lowest BCUT2D eigenvalue weighted by atomic mass is 9.98. The van der Waals surface area contributed by atoms with Crippen molar-refractivity contribution in [2.45, 2.75) is 13.3 Å². The number of ketones is 1. The van der Waals surface area contributed by atoms with Crippen molar-refractivity contribution in [3.8, 4) is 23.0 Å². The smallest absolute Gasteiger partial charge is 0.189 e. The number of rotatable bonds is 8. The molecule has 0 aliphatic heterocycles. The molecule has 0 radical (unpaired) electrons. The lowest BCUT2D eigenvalue weighted by Crippen LogP contribution is -2.05. The fraction of sp³-hybridized carbons (Fsp3) is 0.286. The summed E-state index contributed by atoms with van der Waals surface area (Å²) in [6, 6.07) is 8.52. The lowest BCUT2D eigenvalue weighted by Gasteiger charge is -2.14. The number of Topliss-reactive ketones (excluding diaryl/α,β-unsaturated/α-hetero) is 1. The van der Waals surface area contributed by atoms with E-state index in [4.69, 9.17) is 24.7 Å². The van der Waals surface area contributed by atoms with Gasteiger partial charge in [-0.3, -0.25) is 4.79 Å². The van der Waals surface area contributed by atoms with Crippen LogP contribution in [0.4, 0.5) is 5.69 Å². The molecule has 144 valence electrons. The maximum absolute atomic E-state index is 13.0. The van der Waals surface area contributed by atoms with Gasteiger partial charge in [-0.05, 0) is 36.8 Å². The predicted octanol–water partition coefficient (Wildman–Crippen LogP) is 3.98. The summed E-state index contributed by atoms with van der Waals surface area (Å²) >= 11 is 0. The van der Waals surface area contributed by atoms with Crippen molar-refractivity contribution in [3.05, 3.63) is 47.0 Å². The molecule has 2 aromatic rings. The number of ether oxygens (including phenoxy) is 4. The van der Waals surface area contributed by atoms with Gasteiger partial charge in [0.2, 0.25) is 0 Å². The molecule has 0 aromatic heterocycles. The summed E-state index contributed by atoms with van der Waals surface area (Å²) in [5.41, 5.74) is 8.13. The summed E-state index contributed by atoms with van der Waals surface area (Å²) in [4.78, 5) is 13.0. The third kappa shape index (κ3) is 4.34. The van der Waals surface area contributed by atoms with Crippen LogP contribution in [0, 0.1) is 0 Å². The van der Waals surface area contributed by atoms with E-state index in [9.17, 15) is 4.79 Å². The fourth-order valence-electron chi connectivity index (χ4n) is 2.75. The van der Waals surface area contributed by atoms with E-state index in [0.29, 0.717) is 51.8 Å². The molecule has 0 atom stereocenters. The van der Waals surface area contributed by atoms with Crippen LogP contribution in [0.5, 0.6) is 23.0 Å². The van der Waals surface area contributed by atoms with E-state index in [0.717, 1.165) is 0 Å². The molecule has 2 N–H and O–H groups in total. The standard InChI is InChI=1S/C21H25NO5/c1-6-13(20(23)14-7-8-17(22)18(11-14)25-3)9-15-10-16(24-2)12-19(26-4)21(15)27-5/h7-12H,6,22H2,1-5H3/b13-9+. The van der Waals surface area contributed by atoms with Crippen LogP contribution in [0.15, 0.2) is 35.9 Å². The van der Waals surface area contributed by atoms with E-state index in [1.54, 1.807) is 57.7 Å². The van der Waals surface area contributed by atoms with Crippen LogP contribution in [0.3, 0.4) is 0 Å². The Bertz CT molecular complexity index is 858. The molecule has 0 saturated carbocycles. The van der Waals surface area contributed by atoms with Crippen molar-refractivity contribution in [3.63, 3.8) is 0 Å². The van der Waals surface area contributed by atoms with Crippen LogP contribution in [-0.2, 0) is 0 Å². The van der Waals surface area contributed by atoms with Crippen molar-refractivity contribution < 1.29 is 23.7 Å². The first-order valence-corrected chi connectivity index (χ1v) is 8.47. The molecule has 0 amide bonds. The average molecular weight is 371 g/mol. The zero-order valence-electron chi connectivity index (χ0n) is 16.3. The normalized spacial score (nSPS) is 11.1. The van der Waals surface area contributed by atoms with Gasteiger partial charge in [-0.25, -0.2) is 0 Å². The topological polar surface area (TPSA) is 80.0 Å². The number of benzene rings is 2. The van der Waals surface area contributed by atoms with Crippen LogP contribution in [0.1, 0.15) is 29.3 Å². The molecule has 0 fully saturated rings. The molecular weight excluding hydrogens is 346 g/mol. The van der Waals surface area contributed by atoms with Gasteiger partial charge in [0.1, 0.15) is 11.5 Å². The first-order valence-electron chi connectivity index (χ1n) is 8.47. The number of allylic oxidation sites excluding steroid dienone is 1. The third-order valence-corrected chi connectivity index (χ3v) is 4.21. The third-order valence-electron chi connectivity index (χ3n) is 4.21. The van der Waals surface area contributed by atoms with Gasteiger partial charge in [0.25, 0.3) is 0 Å². The average Bonchev–Trinajstić information content (AvgIpc) is 2.70. The maximum Gasteiger partial charge on any atom is 0.189 e. The molecule has 0 heterocycles. The molecule has 0 unspecified atom stereocenters. The molecule has 27 heavy (non-hydrogen) atoms. The lowest BCUT2D eigenvalue weighted by molar-refractivity contribution is 0.103. The Balaban J connectivity index is 2.53. The highest BCUT2D eigenvalue weighted by Gasteiger charge is 2.16. The molecule has 0 spiro atoms. The van der Waals surface area contributed by atoms with Gasteiger partial charge in [0.05, 0.1) is 34.1 Å². The Morgan fingerprint density at radius 3 is 2.22 bits per heavy atom. The van der Waals surface area contributed by atoms with E-state index in [1.807, 2.05) is 6.92 Å². The van der Waals surface area contributed by atoms with Gasteiger partial charge in [-0.2, -0.15) is 0 Å². The zero-order chi connectivity index (χ0) is 20.0. The summed E-state index contributed by atoms with van der Waals surface area (Å²) in [7, 11) is 6.20. The number of anilines is 1. The van der Waals surface area contributed by atoms with Crippen molar-refractivity contribution in [1.29, 1.82) is 0 Å². The first kappa shape index (κ1) is 20.2. The Kier molecular flexibility index (Phi) is 6.71. The second kappa shape index (κ2) is 8.98. The quantitative estimate of drug-likeness (QED) is 0.429. The van der Waals surface area contributed by atoms with Gasteiger partial charge in [-0.15, -0.1) is 0 Å². The maximum atomic E-state index is 13.0. The SMILES string of the molecule is CC/C(=C\c1cc(OC)cc(OC)c1OC)C(=O)c1ccc(N)c(OC)c1. The zero-order valence-corrected chi connectivity index (χ0v) is 16.3. The number of hydrogen-bond acceptors (Lipinski definition) is 6. The van der Waals surface area contributed by atoms with Crippen molar-refractivity contribution in [1.82, 2.24) is 0 Å². The molecular formula is C21H25NO5. The minimum Gasteiger partial charge on any atom is -0.497 e. The summed E-state index contributed by atoms with van der Waals surface area (Å²) in [6.07, 6.45) is 2.32. The summed E-state index contributed by atoms with van der Waals surface area (Å²) in [5.74, 6) is 2.03. The highest BCUT2D eigenvalue weighted by atomic mass is 16.5. The van der Waals surface area contributed by atoms with Crippen LogP contribution in [0.25, 0.3) is 6.08 Å². The predicted molar refractivity (Wildman–Crippen MR) is 106 cm³/mol. The minimum absolute atomic E-state index is 0.111. The van der Waals surface area contributed by atoms with Gasteiger partial charge >= 0.3 is 0 Å². The molecule has 0 aliphatic rings. The van der Waals surface area contributed by atoms with Gasteiger partial charge in [0, 0.05) is 22.8 Å². The Morgan fingerprint density at radius 1 is 0.963 bits per heavy atom. The van der Waals surface area contributed by atoms with Crippen LogP contribution < -0.4 is 24.7 Å². The van der Waals surface area contributed by atoms with Gasteiger partial charge in [-0.1, -0.05) is 6.92 Å². The molecule has 6 nitrogen and oxygen atoms in total. The monoisotopic (exact) mass is 371 g/mol. The van der Waals surface area contributed by atoms with Crippen molar-refractivity contribution >= 4 is 17.5 Å². The number of methoxy groups -OCH3 is 4. The molecule has 2 rings (SSSR count). The van der Waals surface area contributed by atoms with E-state index >= 15 is 0 Å². The molecule has 0 saturated heterocycles. The summed E-state index contributed by atoms with van der Waals surface area (Å²) in [6.45, 7) is 1.92. The van der Waals surface area contributed by atoms with Crippen molar-refractivity contribution in [2.24, 2.45) is 0 Å². The largest absolute Gasteiger partial charge is 0.497 e. The second-order valence-corrected chi connectivity index (χ2v) is 5.76. The fourth-order valence-corrected chi connectivity index (χ4v) is 2.75. The minimum atomic E-state index is -0.111. The molecule has 2 aromatic carbocycles. The number of carbonyl (C=O) groups is 1. The number of hydrogen-bond donors (Lipinski definition) is 1. The van der Waals surface area contributed by atoms with E-state index in [1.165, 1.54) is 7.11 Å². The highest BCUT2D eigenvalue weighted by Crippen LogP contribution is 2.37. The van der Waals surface area contributed by atoms with E-state index < -0.39 is 0 Å². The van der Waals surface area contributed by atoms with Crippen LogP contribution in [-0.4, -0.2) is 34.2 Å². The van der Waals surface area contributed by atoms with E-state index in [2.05, 4.69) is 0 Å². The molecule has 0 bridgehead atoms. The Hall–Kier alpha value is -3.15. The molecule has 6 heteroatoms. The highest BCUT2D eigenvalue weighted by molar-refractivity contribution is 6.11. The van der Waals surface area contributed by atoms with Crippen LogP contribution in [0.2, 0.25) is 0 Å². The number of nitrogens with two attached hydrogens (primary N) is 1. The Morgan fingerprint density at radius 2 is 1.67 bits per heavy atom. The van der Waals surface area contributed by atoms with Crippen molar-refractivity contribution in [2.75, 3.05) is 34.2 Å².